The zero-order chi connectivity index (χ0) is 9.90. The molecule has 0 radical (unpaired) electrons. The second-order valence-electron chi connectivity index (χ2n) is 3.73. The molecule has 1 heterocycles. The van der Waals surface area contributed by atoms with Crippen molar-refractivity contribution in [2.45, 2.75) is 32.4 Å². The van der Waals surface area contributed by atoms with Crippen molar-refractivity contribution in [3.8, 4) is 0 Å². The van der Waals surface area contributed by atoms with Crippen molar-refractivity contribution in [2.75, 3.05) is 6.54 Å². The molecule has 1 rings (SSSR count). The van der Waals surface area contributed by atoms with E-state index in [1.54, 1.807) is 13.1 Å². The van der Waals surface area contributed by atoms with Crippen molar-refractivity contribution in [2.24, 2.45) is 5.73 Å². The van der Waals surface area contributed by atoms with E-state index in [0.29, 0.717) is 13.0 Å². The molecule has 1 unspecified atom stereocenters. The molecule has 0 aromatic carbocycles. The number of aryl methyl sites for hydroxylation is 2. The van der Waals surface area contributed by atoms with Gasteiger partial charge in [-0.05, 0) is 25.8 Å². The Hall–Kier alpha value is -0.870. The van der Waals surface area contributed by atoms with Crippen molar-refractivity contribution in [3.05, 3.63) is 18.0 Å². The topological polar surface area (TPSA) is 64.1 Å². The van der Waals surface area contributed by atoms with Gasteiger partial charge in [-0.15, -0.1) is 0 Å². The monoisotopic (exact) mass is 183 g/mol. The van der Waals surface area contributed by atoms with E-state index in [0.717, 1.165) is 5.56 Å². The third-order valence-corrected chi connectivity index (χ3v) is 2.08. The van der Waals surface area contributed by atoms with Crippen molar-refractivity contribution >= 4 is 0 Å². The van der Waals surface area contributed by atoms with E-state index in [2.05, 4.69) is 5.10 Å². The molecule has 0 aliphatic rings. The fourth-order valence-corrected chi connectivity index (χ4v) is 1.05. The van der Waals surface area contributed by atoms with Crippen LogP contribution in [0, 0.1) is 6.92 Å². The summed E-state index contributed by atoms with van der Waals surface area (Å²) in [5.74, 6) is 0. The molecule has 1 aromatic heterocycles. The first-order valence-electron chi connectivity index (χ1n) is 4.45. The molecule has 4 nitrogen and oxygen atoms in total. The van der Waals surface area contributed by atoms with Crippen LogP contribution in [-0.2, 0) is 6.54 Å². The summed E-state index contributed by atoms with van der Waals surface area (Å²) in [6.45, 7) is 4.72. The van der Waals surface area contributed by atoms with Gasteiger partial charge in [0.15, 0.2) is 0 Å². The number of hydrogen-bond donors (Lipinski definition) is 2. The largest absolute Gasteiger partial charge is 0.389 e. The molecule has 1 atom stereocenters. The maximum Gasteiger partial charge on any atom is 0.0759 e. The molecule has 0 aliphatic carbocycles. The fraction of sp³-hybridized carbons (Fsp3) is 0.667. The van der Waals surface area contributed by atoms with E-state index in [1.165, 1.54) is 0 Å². The summed E-state index contributed by atoms with van der Waals surface area (Å²) in [5.41, 5.74) is 5.75. The van der Waals surface area contributed by atoms with Gasteiger partial charge in [0.25, 0.3) is 0 Å². The average Bonchev–Trinajstić information content (AvgIpc) is 2.48. The zero-order valence-corrected chi connectivity index (χ0v) is 8.20. The van der Waals surface area contributed by atoms with Crippen LogP contribution in [0.3, 0.4) is 0 Å². The highest BCUT2D eigenvalue weighted by atomic mass is 16.3. The number of hydrogen-bond acceptors (Lipinski definition) is 3. The Balaban J connectivity index is 2.43. The van der Waals surface area contributed by atoms with Crippen LogP contribution in [0.1, 0.15) is 18.9 Å². The quantitative estimate of drug-likeness (QED) is 0.705. The Morgan fingerprint density at radius 3 is 2.85 bits per heavy atom. The van der Waals surface area contributed by atoms with Gasteiger partial charge >= 0.3 is 0 Å². The lowest BCUT2D eigenvalue weighted by atomic mass is 10.0. The van der Waals surface area contributed by atoms with Gasteiger partial charge in [0.05, 0.1) is 11.8 Å². The highest BCUT2D eigenvalue weighted by Gasteiger charge is 2.17. The first-order chi connectivity index (χ1) is 6.03. The predicted molar refractivity (Wildman–Crippen MR) is 51.3 cm³/mol. The number of rotatable bonds is 4. The molecule has 3 N–H and O–H groups in total. The number of aliphatic hydroxyl groups is 1. The minimum atomic E-state index is -0.778. The molecule has 0 amide bonds. The van der Waals surface area contributed by atoms with Crippen LogP contribution >= 0.6 is 0 Å². The number of nitrogens with zero attached hydrogens (tertiary/aromatic N) is 2. The van der Waals surface area contributed by atoms with Crippen LogP contribution in [0.15, 0.2) is 12.4 Å². The molecular weight excluding hydrogens is 166 g/mol. The third kappa shape index (κ3) is 3.16. The summed E-state index contributed by atoms with van der Waals surface area (Å²) in [4.78, 5) is 0. The molecule has 1 aromatic rings. The smallest absolute Gasteiger partial charge is 0.0759 e. The standard InChI is InChI=1S/C9H17N3O/c1-8-5-11-12(6-8)4-3-9(2,13)7-10/h5-6,13H,3-4,7,10H2,1-2H3. The summed E-state index contributed by atoms with van der Waals surface area (Å²) in [6, 6.07) is 0. The molecule has 0 saturated carbocycles. The molecule has 0 spiro atoms. The van der Waals surface area contributed by atoms with E-state index < -0.39 is 5.60 Å². The van der Waals surface area contributed by atoms with E-state index >= 15 is 0 Å². The summed E-state index contributed by atoms with van der Waals surface area (Å²) in [7, 11) is 0. The van der Waals surface area contributed by atoms with Crippen LogP contribution in [0.2, 0.25) is 0 Å². The fourth-order valence-electron chi connectivity index (χ4n) is 1.05. The first kappa shape index (κ1) is 10.2. The minimum Gasteiger partial charge on any atom is -0.389 e. The van der Waals surface area contributed by atoms with Gasteiger partial charge in [0, 0.05) is 19.3 Å². The van der Waals surface area contributed by atoms with Crippen LogP contribution in [0.4, 0.5) is 0 Å². The normalized spacial score (nSPS) is 15.7. The summed E-state index contributed by atoms with van der Waals surface area (Å²) in [6.07, 6.45) is 4.38. The summed E-state index contributed by atoms with van der Waals surface area (Å²) >= 11 is 0. The molecule has 0 bridgehead atoms. The maximum atomic E-state index is 9.63. The highest BCUT2D eigenvalue weighted by molar-refractivity contribution is 4.99. The third-order valence-electron chi connectivity index (χ3n) is 2.08. The highest BCUT2D eigenvalue weighted by Crippen LogP contribution is 2.08. The van der Waals surface area contributed by atoms with Gasteiger partial charge < -0.3 is 10.8 Å². The zero-order valence-electron chi connectivity index (χ0n) is 8.20. The Morgan fingerprint density at radius 1 is 1.69 bits per heavy atom. The second kappa shape index (κ2) is 3.89. The second-order valence-corrected chi connectivity index (χ2v) is 3.73. The van der Waals surface area contributed by atoms with Crippen LogP contribution in [0.25, 0.3) is 0 Å². The first-order valence-corrected chi connectivity index (χ1v) is 4.45. The Labute approximate surface area is 78.4 Å². The molecule has 4 heteroatoms. The molecule has 0 fully saturated rings. The molecular formula is C9H17N3O. The van der Waals surface area contributed by atoms with Crippen molar-refractivity contribution in [3.63, 3.8) is 0 Å². The van der Waals surface area contributed by atoms with Gasteiger partial charge in [0.2, 0.25) is 0 Å². The SMILES string of the molecule is Cc1cnn(CCC(C)(O)CN)c1. The van der Waals surface area contributed by atoms with Gasteiger partial charge in [-0.2, -0.15) is 5.10 Å². The number of nitrogens with two attached hydrogens (primary N) is 1. The van der Waals surface area contributed by atoms with Crippen molar-refractivity contribution in [1.82, 2.24) is 9.78 Å². The maximum absolute atomic E-state index is 9.63. The lowest BCUT2D eigenvalue weighted by Crippen LogP contribution is -2.35. The molecule has 74 valence electrons. The Kier molecular flexibility index (Phi) is 3.06. The summed E-state index contributed by atoms with van der Waals surface area (Å²) in [5, 5.41) is 13.7. The Morgan fingerprint density at radius 2 is 2.38 bits per heavy atom. The molecule has 0 saturated heterocycles. The van der Waals surface area contributed by atoms with E-state index in [-0.39, 0.29) is 6.54 Å². The lowest BCUT2D eigenvalue weighted by Gasteiger charge is -2.20. The predicted octanol–water partition coefficient (Wildman–Crippen LogP) is 0.291. The van der Waals surface area contributed by atoms with Crippen molar-refractivity contribution in [1.29, 1.82) is 0 Å². The van der Waals surface area contributed by atoms with Gasteiger partial charge in [-0.3, -0.25) is 4.68 Å². The number of aromatic nitrogens is 2. The van der Waals surface area contributed by atoms with Crippen molar-refractivity contribution < 1.29 is 5.11 Å². The van der Waals surface area contributed by atoms with Gasteiger partial charge in [-0.1, -0.05) is 0 Å². The minimum absolute atomic E-state index is 0.285. The van der Waals surface area contributed by atoms with Crippen LogP contribution in [0.5, 0.6) is 0 Å². The van der Waals surface area contributed by atoms with Gasteiger partial charge in [0.1, 0.15) is 0 Å². The molecule has 0 aliphatic heterocycles. The van der Waals surface area contributed by atoms with E-state index in [9.17, 15) is 5.11 Å². The average molecular weight is 183 g/mol. The van der Waals surface area contributed by atoms with Crippen LogP contribution < -0.4 is 5.73 Å². The summed E-state index contributed by atoms with van der Waals surface area (Å²) < 4.78 is 1.82. The van der Waals surface area contributed by atoms with E-state index in [4.69, 9.17) is 5.73 Å². The van der Waals surface area contributed by atoms with Gasteiger partial charge in [-0.25, -0.2) is 0 Å². The van der Waals surface area contributed by atoms with E-state index in [1.807, 2.05) is 17.8 Å². The van der Waals surface area contributed by atoms with Crippen LogP contribution in [-0.4, -0.2) is 27.0 Å². The molecule has 13 heavy (non-hydrogen) atoms. The lowest BCUT2D eigenvalue weighted by molar-refractivity contribution is 0.0543. The Bertz CT molecular complexity index is 268.